The number of aromatic hydroxyl groups is 2. The van der Waals surface area contributed by atoms with Gasteiger partial charge in [0.1, 0.15) is 0 Å². The van der Waals surface area contributed by atoms with Crippen LogP contribution in [-0.2, 0) is 0 Å². The van der Waals surface area contributed by atoms with Crippen LogP contribution in [0, 0.1) is 6.92 Å². The number of phenolic OH excluding ortho intramolecular Hbond substituents is 2. The number of hydrogen-bond donors (Lipinski definition) is 4. The Bertz CT molecular complexity index is 1060. The molecule has 0 bridgehead atoms. The predicted molar refractivity (Wildman–Crippen MR) is 100 cm³/mol. The summed E-state index contributed by atoms with van der Waals surface area (Å²) in [6, 6.07) is 12.4. The Labute approximate surface area is 150 Å². The highest BCUT2D eigenvalue weighted by molar-refractivity contribution is 5.87. The molecule has 6 heteroatoms. The Hall–Kier alpha value is -3.54. The van der Waals surface area contributed by atoms with Crippen molar-refractivity contribution in [1.29, 1.82) is 0 Å². The number of aromatic amines is 1. The van der Waals surface area contributed by atoms with Crippen molar-refractivity contribution in [3.05, 3.63) is 77.7 Å². The number of fused-ring (bicyclic) bond motifs is 1. The number of benzene rings is 2. The lowest BCUT2D eigenvalue weighted by Crippen LogP contribution is -2.14. The molecule has 4 rings (SSSR count). The molecular formula is C20H18N4O2. The summed E-state index contributed by atoms with van der Waals surface area (Å²) in [6.07, 6.45) is 5.28. The van der Waals surface area contributed by atoms with Gasteiger partial charge in [-0.1, -0.05) is 24.3 Å². The number of anilines is 1. The number of aryl methyl sites for hydroxylation is 1. The molecule has 1 unspecified atom stereocenters. The van der Waals surface area contributed by atoms with Gasteiger partial charge in [0.2, 0.25) is 5.95 Å². The van der Waals surface area contributed by atoms with Gasteiger partial charge < -0.3 is 20.5 Å². The van der Waals surface area contributed by atoms with Crippen LogP contribution in [0.4, 0.5) is 5.95 Å². The highest BCUT2D eigenvalue weighted by Crippen LogP contribution is 2.35. The van der Waals surface area contributed by atoms with E-state index in [2.05, 4.69) is 39.3 Å². The Morgan fingerprint density at radius 1 is 1.00 bits per heavy atom. The predicted octanol–water partition coefficient (Wildman–Crippen LogP) is 3.88. The summed E-state index contributed by atoms with van der Waals surface area (Å²) in [5.74, 6) is 0.157. The Morgan fingerprint density at radius 2 is 1.81 bits per heavy atom. The van der Waals surface area contributed by atoms with Crippen LogP contribution in [0.3, 0.4) is 0 Å². The third-order valence-electron chi connectivity index (χ3n) is 4.44. The van der Waals surface area contributed by atoms with Crippen LogP contribution in [0.25, 0.3) is 10.9 Å². The molecule has 0 amide bonds. The van der Waals surface area contributed by atoms with Gasteiger partial charge >= 0.3 is 0 Å². The van der Waals surface area contributed by atoms with Crippen molar-refractivity contribution in [1.82, 2.24) is 15.0 Å². The molecule has 0 aliphatic carbocycles. The fraction of sp³-hybridized carbons (Fsp3) is 0.100. The first-order valence-corrected chi connectivity index (χ1v) is 8.25. The lowest BCUT2D eigenvalue weighted by molar-refractivity contribution is 0.403. The minimum atomic E-state index is -0.306. The molecular weight excluding hydrogens is 328 g/mol. The average molecular weight is 346 g/mol. The quantitative estimate of drug-likeness (QED) is 0.421. The number of para-hydroxylation sites is 1. The van der Waals surface area contributed by atoms with E-state index in [1.165, 1.54) is 6.07 Å². The molecule has 0 aliphatic heterocycles. The van der Waals surface area contributed by atoms with Gasteiger partial charge in [-0.2, -0.15) is 0 Å². The fourth-order valence-corrected chi connectivity index (χ4v) is 3.13. The summed E-state index contributed by atoms with van der Waals surface area (Å²) in [7, 11) is 0. The minimum Gasteiger partial charge on any atom is -0.504 e. The molecule has 1 atom stereocenters. The lowest BCUT2D eigenvalue weighted by atomic mass is 9.97. The first kappa shape index (κ1) is 16.0. The number of hydrogen-bond acceptors (Lipinski definition) is 5. The molecule has 130 valence electrons. The van der Waals surface area contributed by atoms with Crippen molar-refractivity contribution in [2.75, 3.05) is 5.32 Å². The van der Waals surface area contributed by atoms with E-state index in [1.54, 1.807) is 30.6 Å². The molecule has 0 radical (unpaired) electrons. The van der Waals surface area contributed by atoms with Crippen LogP contribution < -0.4 is 5.32 Å². The summed E-state index contributed by atoms with van der Waals surface area (Å²) in [5.41, 5.74) is 4.00. The van der Waals surface area contributed by atoms with E-state index < -0.39 is 0 Å². The van der Waals surface area contributed by atoms with E-state index >= 15 is 0 Å². The normalized spacial score (nSPS) is 12.2. The summed E-state index contributed by atoms with van der Waals surface area (Å²) < 4.78 is 0. The van der Waals surface area contributed by atoms with E-state index in [4.69, 9.17) is 0 Å². The number of aromatic nitrogens is 3. The highest BCUT2D eigenvalue weighted by Gasteiger charge is 2.20. The zero-order chi connectivity index (χ0) is 18.1. The third kappa shape index (κ3) is 2.82. The molecule has 0 aliphatic rings. The number of rotatable bonds is 4. The van der Waals surface area contributed by atoms with Crippen molar-refractivity contribution >= 4 is 16.9 Å². The standard InChI is InChI=1S/C20H18N4O2/c1-12-4-2-5-14-15(11-23-18(12)14)19(24-20-21-8-3-9-22-20)13-6-7-16(25)17(26)10-13/h2-11,19,23,25-26H,1H3,(H,21,22,24). The smallest absolute Gasteiger partial charge is 0.223 e. The molecule has 4 aromatic rings. The van der Waals surface area contributed by atoms with Crippen molar-refractivity contribution in [3.8, 4) is 11.5 Å². The molecule has 26 heavy (non-hydrogen) atoms. The number of nitrogens with one attached hydrogen (secondary N) is 2. The molecule has 2 aromatic carbocycles. The van der Waals surface area contributed by atoms with E-state index in [0.29, 0.717) is 5.95 Å². The maximum atomic E-state index is 9.95. The van der Waals surface area contributed by atoms with Crippen LogP contribution in [0.1, 0.15) is 22.7 Å². The largest absolute Gasteiger partial charge is 0.504 e. The van der Waals surface area contributed by atoms with Gasteiger partial charge in [-0.25, -0.2) is 9.97 Å². The Balaban J connectivity index is 1.86. The molecule has 0 saturated carbocycles. The Morgan fingerprint density at radius 3 is 2.58 bits per heavy atom. The average Bonchev–Trinajstić information content (AvgIpc) is 3.08. The topological polar surface area (TPSA) is 94.1 Å². The fourth-order valence-electron chi connectivity index (χ4n) is 3.13. The zero-order valence-electron chi connectivity index (χ0n) is 14.1. The highest BCUT2D eigenvalue weighted by atomic mass is 16.3. The molecule has 0 fully saturated rings. The maximum Gasteiger partial charge on any atom is 0.223 e. The number of H-pyrrole nitrogens is 1. The van der Waals surface area contributed by atoms with Gasteiger partial charge in [0.05, 0.1) is 6.04 Å². The third-order valence-corrected chi connectivity index (χ3v) is 4.44. The Kier molecular flexibility index (Phi) is 3.93. The number of nitrogens with zero attached hydrogens (tertiary/aromatic N) is 2. The van der Waals surface area contributed by atoms with Crippen molar-refractivity contribution in [2.24, 2.45) is 0 Å². The van der Waals surface area contributed by atoms with Crippen LogP contribution in [0.15, 0.2) is 61.1 Å². The first-order valence-electron chi connectivity index (χ1n) is 8.25. The van der Waals surface area contributed by atoms with Gasteiger partial charge in [-0.15, -0.1) is 0 Å². The van der Waals surface area contributed by atoms with Crippen LogP contribution >= 0.6 is 0 Å². The summed E-state index contributed by atoms with van der Waals surface area (Å²) in [6.45, 7) is 2.05. The van der Waals surface area contributed by atoms with Gasteiger partial charge in [0.25, 0.3) is 0 Å². The molecule has 2 aromatic heterocycles. The van der Waals surface area contributed by atoms with E-state index in [-0.39, 0.29) is 17.5 Å². The first-order chi connectivity index (χ1) is 12.6. The van der Waals surface area contributed by atoms with Crippen LogP contribution in [-0.4, -0.2) is 25.2 Å². The second-order valence-corrected chi connectivity index (χ2v) is 6.14. The van der Waals surface area contributed by atoms with Gasteiger partial charge in [0, 0.05) is 35.1 Å². The summed E-state index contributed by atoms with van der Waals surface area (Å²) in [5, 5.41) is 24.0. The SMILES string of the molecule is Cc1cccc2c(C(Nc3ncccn3)c3ccc(O)c(O)c3)c[nH]c12. The molecule has 4 N–H and O–H groups in total. The second-order valence-electron chi connectivity index (χ2n) is 6.14. The molecule has 0 spiro atoms. The molecule has 6 nitrogen and oxygen atoms in total. The minimum absolute atomic E-state index is 0.154. The van der Waals surface area contributed by atoms with Gasteiger partial charge in [-0.05, 0) is 36.2 Å². The molecule has 2 heterocycles. The van der Waals surface area contributed by atoms with Crippen molar-refractivity contribution in [3.63, 3.8) is 0 Å². The van der Waals surface area contributed by atoms with E-state index in [0.717, 1.165) is 27.6 Å². The summed E-state index contributed by atoms with van der Waals surface area (Å²) >= 11 is 0. The lowest BCUT2D eigenvalue weighted by Gasteiger charge is -2.19. The zero-order valence-corrected chi connectivity index (χ0v) is 14.1. The molecule has 0 saturated heterocycles. The van der Waals surface area contributed by atoms with Crippen LogP contribution in [0.2, 0.25) is 0 Å². The summed E-state index contributed by atoms with van der Waals surface area (Å²) in [4.78, 5) is 11.8. The van der Waals surface area contributed by atoms with Gasteiger partial charge in [-0.3, -0.25) is 0 Å². The van der Waals surface area contributed by atoms with E-state index in [1.807, 2.05) is 12.3 Å². The van der Waals surface area contributed by atoms with Crippen molar-refractivity contribution in [2.45, 2.75) is 13.0 Å². The van der Waals surface area contributed by atoms with E-state index in [9.17, 15) is 10.2 Å². The maximum absolute atomic E-state index is 9.95. The van der Waals surface area contributed by atoms with Gasteiger partial charge in [0.15, 0.2) is 11.5 Å². The number of phenols is 2. The second kappa shape index (κ2) is 6.40. The van der Waals surface area contributed by atoms with Crippen molar-refractivity contribution < 1.29 is 10.2 Å². The van der Waals surface area contributed by atoms with Crippen LogP contribution in [0.5, 0.6) is 11.5 Å². The monoisotopic (exact) mass is 346 g/mol.